The number of amides is 1. The first-order valence-corrected chi connectivity index (χ1v) is 8.61. The first kappa shape index (κ1) is 13.6. The van der Waals surface area contributed by atoms with Crippen molar-refractivity contribution in [3.05, 3.63) is 20.8 Å². The van der Waals surface area contributed by atoms with E-state index in [-0.39, 0.29) is 11.7 Å². The minimum atomic E-state index is -0.282. The van der Waals surface area contributed by atoms with Crippen molar-refractivity contribution >= 4 is 33.2 Å². The predicted molar refractivity (Wildman–Crippen MR) is 81.1 cm³/mol. The fraction of sp³-hybridized carbons (Fsp3) is 0.643. The number of carbonyl (C=O) groups excluding carboxylic acids is 1. The molecule has 0 aromatic carbocycles. The first-order chi connectivity index (χ1) is 9.16. The van der Waals surface area contributed by atoms with Crippen molar-refractivity contribution in [1.82, 2.24) is 10.2 Å². The summed E-state index contributed by atoms with van der Waals surface area (Å²) >= 11 is 5.22. The van der Waals surface area contributed by atoms with E-state index in [0.29, 0.717) is 5.91 Å². The fourth-order valence-electron chi connectivity index (χ4n) is 3.33. The van der Waals surface area contributed by atoms with Crippen molar-refractivity contribution in [3.8, 4) is 0 Å². The maximum Gasteiger partial charge on any atom is 0.244 e. The Morgan fingerprint density at radius 1 is 1.42 bits per heavy atom. The molecule has 5 heteroatoms. The van der Waals surface area contributed by atoms with Crippen LogP contribution in [0.4, 0.5) is 0 Å². The minimum Gasteiger partial charge on any atom is -0.321 e. The van der Waals surface area contributed by atoms with Crippen LogP contribution >= 0.6 is 27.3 Å². The zero-order chi connectivity index (χ0) is 13.5. The lowest BCUT2D eigenvalue weighted by molar-refractivity contribution is -0.134. The summed E-state index contributed by atoms with van der Waals surface area (Å²) < 4.78 is 1.12. The van der Waals surface area contributed by atoms with Crippen LogP contribution in [0.15, 0.2) is 15.9 Å². The molecule has 1 N–H and O–H groups in total. The molecular formula is C14H19BrN2OS. The van der Waals surface area contributed by atoms with Gasteiger partial charge in [-0.3, -0.25) is 10.1 Å². The average molecular weight is 343 g/mol. The van der Waals surface area contributed by atoms with Crippen molar-refractivity contribution in [2.24, 2.45) is 0 Å². The lowest BCUT2D eigenvalue weighted by Gasteiger charge is -2.31. The molecule has 1 spiro atoms. The highest BCUT2D eigenvalue weighted by Crippen LogP contribution is 2.41. The fourth-order valence-corrected chi connectivity index (χ4v) is 4.82. The van der Waals surface area contributed by atoms with Gasteiger partial charge in [0, 0.05) is 11.4 Å². The second kappa shape index (κ2) is 5.19. The van der Waals surface area contributed by atoms with Crippen LogP contribution in [-0.4, -0.2) is 22.9 Å². The van der Waals surface area contributed by atoms with Crippen LogP contribution in [0.3, 0.4) is 0 Å². The summed E-state index contributed by atoms with van der Waals surface area (Å²) in [6.45, 7) is 2.84. The zero-order valence-corrected chi connectivity index (χ0v) is 13.5. The number of nitrogens with zero attached hydrogens (tertiary/aromatic N) is 1. The summed E-state index contributed by atoms with van der Waals surface area (Å²) in [5, 5.41) is 3.65. The Bertz CT molecular complexity index is 482. The van der Waals surface area contributed by atoms with Gasteiger partial charge in [-0.2, -0.15) is 0 Å². The number of halogens is 1. The van der Waals surface area contributed by atoms with Crippen LogP contribution in [0.1, 0.15) is 50.1 Å². The van der Waals surface area contributed by atoms with E-state index in [1.165, 1.54) is 11.3 Å². The highest BCUT2D eigenvalue weighted by atomic mass is 79.9. The van der Waals surface area contributed by atoms with Gasteiger partial charge in [-0.1, -0.05) is 19.3 Å². The topological polar surface area (TPSA) is 32.3 Å². The number of hydrogen-bond acceptors (Lipinski definition) is 3. The van der Waals surface area contributed by atoms with Gasteiger partial charge in [0.15, 0.2) is 0 Å². The van der Waals surface area contributed by atoms with E-state index >= 15 is 0 Å². The van der Waals surface area contributed by atoms with Crippen molar-refractivity contribution in [1.29, 1.82) is 0 Å². The largest absolute Gasteiger partial charge is 0.321 e. The van der Waals surface area contributed by atoms with Crippen LogP contribution in [0.2, 0.25) is 0 Å². The molecule has 19 heavy (non-hydrogen) atoms. The van der Waals surface area contributed by atoms with E-state index < -0.39 is 0 Å². The molecule has 1 aromatic rings. The van der Waals surface area contributed by atoms with E-state index in [1.807, 2.05) is 4.90 Å². The Morgan fingerprint density at radius 3 is 2.74 bits per heavy atom. The molecule has 1 saturated heterocycles. The molecule has 2 fully saturated rings. The smallest absolute Gasteiger partial charge is 0.244 e. The van der Waals surface area contributed by atoms with E-state index in [9.17, 15) is 4.79 Å². The number of rotatable bonds is 2. The Balaban J connectivity index is 1.91. The van der Waals surface area contributed by atoms with E-state index in [0.717, 1.165) is 36.0 Å². The van der Waals surface area contributed by atoms with Gasteiger partial charge in [0.2, 0.25) is 5.91 Å². The van der Waals surface area contributed by atoms with Crippen LogP contribution in [0.5, 0.6) is 0 Å². The van der Waals surface area contributed by atoms with Gasteiger partial charge in [0.25, 0.3) is 0 Å². The summed E-state index contributed by atoms with van der Waals surface area (Å²) in [4.78, 5) is 16.0. The second-order valence-corrected chi connectivity index (χ2v) is 7.92. The molecule has 1 aliphatic heterocycles. The third kappa shape index (κ3) is 2.26. The molecule has 1 unspecified atom stereocenters. The van der Waals surface area contributed by atoms with E-state index in [1.54, 1.807) is 11.3 Å². The Hall–Kier alpha value is -0.390. The summed E-state index contributed by atoms with van der Waals surface area (Å²) in [7, 11) is 0. The molecule has 1 aliphatic carbocycles. The number of likely N-dealkylation sites (N-methyl/N-ethyl adjacent to an activating group) is 1. The standard InChI is InChI=1S/C14H19BrN2OS/c1-2-17-12(10-6-7-11(15)19-10)16-14(13(17)18)8-4-3-5-9-14/h6-7,12,16H,2-5,8-9H2,1H3. The molecule has 2 heterocycles. The third-order valence-corrected chi connectivity index (χ3v) is 5.98. The van der Waals surface area contributed by atoms with Crippen molar-refractivity contribution < 1.29 is 4.79 Å². The van der Waals surface area contributed by atoms with E-state index in [2.05, 4.69) is 40.3 Å². The van der Waals surface area contributed by atoms with Crippen LogP contribution < -0.4 is 5.32 Å². The normalized spacial score (nSPS) is 26.3. The second-order valence-electron chi connectivity index (χ2n) is 5.42. The number of carbonyl (C=O) groups is 1. The van der Waals surface area contributed by atoms with Crippen LogP contribution in [0, 0.1) is 0 Å². The quantitative estimate of drug-likeness (QED) is 0.889. The molecule has 3 nitrogen and oxygen atoms in total. The maximum absolute atomic E-state index is 12.8. The molecule has 1 aromatic heterocycles. The number of hydrogen-bond donors (Lipinski definition) is 1. The number of thiophene rings is 1. The Labute approximate surface area is 126 Å². The SMILES string of the molecule is CCN1C(=O)C2(CCCCC2)NC1c1ccc(Br)s1. The molecular weight excluding hydrogens is 324 g/mol. The molecule has 3 rings (SSSR count). The maximum atomic E-state index is 12.8. The minimum absolute atomic E-state index is 0.0619. The Kier molecular flexibility index (Phi) is 3.71. The zero-order valence-electron chi connectivity index (χ0n) is 11.1. The van der Waals surface area contributed by atoms with Gasteiger partial charge in [-0.25, -0.2) is 0 Å². The van der Waals surface area contributed by atoms with Crippen molar-refractivity contribution in [3.63, 3.8) is 0 Å². The molecule has 104 valence electrons. The molecule has 0 bridgehead atoms. The van der Waals surface area contributed by atoms with Crippen molar-refractivity contribution in [2.45, 2.75) is 50.7 Å². The van der Waals surface area contributed by atoms with Crippen LogP contribution in [-0.2, 0) is 4.79 Å². The summed E-state index contributed by atoms with van der Waals surface area (Å²) in [6, 6.07) is 4.18. The highest BCUT2D eigenvalue weighted by molar-refractivity contribution is 9.11. The molecule has 2 aliphatic rings. The van der Waals surface area contributed by atoms with Crippen molar-refractivity contribution in [2.75, 3.05) is 6.54 Å². The predicted octanol–water partition coefficient (Wildman–Crippen LogP) is 3.66. The van der Waals surface area contributed by atoms with Crippen LogP contribution in [0.25, 0.3) is 0 Å². The summed E-state index contributed by atoms with van der Waals surface area (Å²) in [5.41, 5.74) is -0.282. The van der Waals surface area contributed by atoms with Gasteiger partial charge in [-0.05, 0) is 47.8 Å². The average Bonchev–Trinajstić information content (AvgIpc) is 2.95. The first-order valence-electron chi connectivity index (χ1n) is 7.00. The third-order valence-electron chi connectivity index (χ3n) is 4.31. The van der Waals surface area contributed by atoms with Gasteiger partial charge in [0.05, 0.1) is 9.33 Å². The summed E-state index contributed by atoms with van der Waals surface area (Å²) in [6.07, 6.45) is 5.63. The highest BCUT2D eigenvalue weighted by Gasteiger charge is 2.51. The summed E-state index contributed by atoms with van der Waals surface area (Å²) in [5.74, 6) is 0.309. The number of nitrogens with one attached hydrogen (secondary N) is 1. The van der Waals surface area contributed by atoms with Gasteiger partial charge in [-0.15, -0.1) is 11.3 Å². The molecule has 0 radical (unpaired) electrons. The molecule has 1 amide bonds. The Morgan fingerprint density at radius 2 is 2.16 bits per heavy atom. The van der Waals surface area contributed by atoms with Gasteiger partial charge < -0.3 is 4.90 Å². The monoisotopic (exact) mass is 342 g/mol. The lowest BCUT2D eigenvalue weighted by atomic mass is 9.82. The van der Waals surface area contributed by atoms with E-state index in [4.69, 9.17) is 0 Å². The molecule has 1 saturated carbocycles. The molecule has 1 atom stereocenters. The van der Waals surface area contributed by atoms with Gasteiger partial charge in [0.1, 0.15) is 6.17 Å². The lowest BCUT2D eigenvalue weighted by Crippen LogP contribution is -2.48. The van der Waals surface area contributed by atoms with Gasteiger partial charge >= 0.3 is 0 Å².